The maximum absolute atomic E-state index is 2.71. The summed E-state index contributed by atoms with van der Waals surface area (Å²) in [7, 11) is 0. The van der Waals surface area contributed by atoms with E-state index in [1.165, 1.54) is 22.0 Å². The zero-order valence-corrected chi connectivity index (χ0v) is 55.7. The summed E-state index contributed by atoms with van der Waals surface area (Å²) >= 11 is 0. The number of fused-ring (bicyclic) bond motifs is 4. The average Bonchev–Trinajstić information content (AvgIpc) is 0.679. The highest BCUT2D eigenvalue weighted by Crippen LogP contribution is 2.56. The Kier molecular flexibility index (Phi) is 15.6. The van der Waals surface area contributed by atoms with E-state index in [1.807, 2.05) is 0 Å². The molecule has 0 spiro atoms. The van der Waals surface area contributed by atoms with Gasteiger partial charge in [-0.25, -0.2) is 0 Å². The molecule has 5 heteroatoms. The van der Waals surface area contributed by atoms with Crippen molar-refractivity contribution in [2.75, 3.05) is 19.6 Å². The van der Waals surface area contributed by atoms with Crippen LogP contribution in [0.5, 0.6) is 0 Å². The lowest BCUT2D eigenvalue weighted by Crippen LogP contribution is -2.62. The number of rotatable bonds is 14. The standard InChI is InChI=1S/C94H71BN4/c1-94(2,3)72-60-85-91-86(61-72)99(93-81(68-40-18-6-19-41-68)58-35-59-82(93)69-42-20-7-21-43-69)88-65-78(97(75-52-30-12-31-53-75)76-54-32-13-33-55-76)63-84(71-46-24-9-25-47-71)90(88)95(91)89-83(70-44-22-8-23-45-70)62-77(96(73-48-26-10-27-49-73)74-50-28-11-29-51-74)64-87(89)98(85)92-79(66-36-14-4-15-37-66)56-34-57-80(92)67-38-16-5-17-39-67/h4-65H,1-3H3. The highest BCUT2D eigenvalue weighted by atomic mass is 15.2. The Morgan fingerprint density at radius 2 is 0.455 bits per heavy atom. The van der Waals surface area contributed by atoms with Gasteiger partial charge in [0.25, 0.3) is 6.71 Å². The molecule has 0 bridgehead atoms. The van der Waals surface area contributed by atoms with Crippen LogP contribution in [0.1, 0.15) is 26.3 Å². The molecule has 15 aromatic carbocycles. The Labute approximate surface area is 582 Å². The van der Waals surface area contributed by atoms with E-state index in [1.54, 1.807) is 0 Å². The lowest BCUT2D eigenvalue weighted by Gasteiger charge is -2.48. The molecule has 0 aliphatic carbocycles. The Morgan fingerprint density at radius 1 is 0.222 bits per heavy atom. The predicted molar refractivity (Wildman–Crippen MR) is 421 cm³/mol. The zero-order valence-electron chi connectivity index (χ0n) is 55.7. The van der Waals surface area contributed by atoms with E-state index in [0.29, 0.717) is 0 Å². The summed E-state index contributed by atoms with van der Waals surface area (Å²) in [4.78, 5) is 10.3. The second-order valence-electron chi connectivity index (χ2n) is 26.7. The number of nitrogens with zero attached hydrogens (tertiary/aromatic N) is 4. The number of anilines is 12. The van der Waals surface area contributed by atoms with Crippen LogP contribution in [0.2, 0.25) is 0 Å². The molecule has 0 amide bonds. The fourth-order valence-corrected chi connectivity index (χ4v) is 15.3. The number of hydrogen-bond donors (Lipinski definition) is 0. The lowest BCUT2D eigenvalue weighted by atomic mass is 9.31. The van der Waals surface area contributed by atoms with Crippen molar-refractivity contribution >= 4 is 91.3 Å². The third-order valence-electron chi connectivity index (χ3n) is 19.7. The van der Waals surface area contributed by atoms with Crippen molar-refractivity contribution in [2.24, 2.45) is 0 Å². The molecule has 99 heavy (non-hydrogen) atoms. The summed E-state index contributed by atoms with van der Waals surface area (Å²) in [5.41, 5.74) is 30.9. The van der Waals surface area contributed by atoms with Gasteiger partial charge in [-0.05, 0) is 157 Å². The van der Waals surface area contributed by atoms with Gasteiger partial charge in [-0.15, -0.1) is 0 Å². The van der Waals surface area contributed by atoms with Gasteiger partial charge >= 0.3 is 0 Å². The molecule has 2 aliphatic heterocycles. The molecule has 2 heterocycles. The fraction of sp³-hybridized carbons (Fsp3) is 0.0426. The maximum Gasteiger partial charge on any atom is 0.253 e. The Morgan fingerprint density at radius 3 is 0.707 bits per heavy atom. The maximum atomic E-state index is 2.71. The van der Waals surface area contributed by atoms with Gasteiger partial charge in [0.1, 0.15) is 0 Å². The van der Waals surface area contributed by atoms with Crippen LogP contribution in [-0.2, 0) is 5.41 Å². The van der Waals surface area contributed by atoms with Gasteiger partial charge in [-0.1, -0.05) is 312 Å². The van der Waals surface area contributed by atoms with E-state index < -0.39 is 0 Å². The van der Waals surface area contributed by atoms with Crippen molar-refractivity contribution in [2.45, 2.75) is 26.2 Å². The van der Waals surface area contributed by atoms with Gasteiger partial charge < -0.3 is 19.6 Å². The molecule has 4 nitrogen and oxygen atoms in total. The van der Waals surface area contributed by atoms with E-state index in [0.717, 1.165) is 135 Å². The molecule has 2 aliphatic rings. The van der Waals surface area contributed by atoms with Gasteiger partial charge in [-0.3, -0.25) is 0 Å². The second kappa shape index (κ2) is 25.6. The molecule has 0 N–H and O–H groups in total. The van der Waals surface area contributed by atoms with Crippen LogP contribution in [0.3, 0.4) is 0 Å². The Hall–Kier alpha value is -12.4. The minimum atomic E-state index is -0.382. The smallest absolute Gasteiger partial charge is 0.253 e. The van der Waals surface area contributed by atoms with Crippen LogP contribution < -0.4 is 36.0 Å². The summed E-state index contributed by atoms with van der Waals surface area (Å²) in [5, 5.41) is 0. The molecule has 0 fully saturated rings. The molecular weight excluding hydrogens is 1200 g/mol. The zero-order chi connectivity index (χ0) is 66.4. The summed E-state index contributed by atoms with van der Waals surface area (Å²) in [5.74, 6) is 0. The van der Waals surface area contributed by atoms with E-state index in [2.05, 4.69) is 416 Å². The number of para-hydroxylation sites is 6. The molecule has 15 aromatic rings. The molecule has 17 rings (SSSR count). The molecular formula is C94H71BN4. The van der Waals surface area contributed by atoms with Crippen molar-refractivity contribution in [1.29, 1.82) is 0 Å². The minimum absolute atomic E-state index is 0.357. The third kappa shape index (κ3) is 11.0. The van der Waals surface area contributed by atoms with Crippen LogP contribution in [0.25, 0.3) is 66.8 Å². The summed E-state index contributed by atoms with van der Waals surface area (Å²) in [6.45, 7) is 6.77. The number of benzene rings is 15. The summed E-state index contributed by atoms with van der Waals surface area (Å²) < 4.78 is 0. The van der Waals surface area contributed by atoms with Crippen LogP contribution in [0, 0.1) is 0 Å². The minimum Gasteiger partial charge on any atom is -0.310 e. The van der Waals surface area contributed by atoms with E-state index >= 15 is 0 Å². The van der Waals surface area contributed by atoms with E-state index in [4.69, 9.17) is 0 Å². The van der Waals surface area contributed by atoms with Crippen LogP contribution in [-0.4, -0.2) is 6.71 Å². The number of hydrogen-bond acceptors (Lipinski definition) is 4. The van der Waals surface area contributed by atoms with E-state index in [-0.39, 0.29) is 12.1 Å². The fourth-order valence-electron chi connectivity index (χ4n) is 15.3. The van der Waals surface area contributed by atoms with Crippen LogP contribution in [0.4, 0.5) is 68.2 Å². The van der Waals surface area contributed by atoms with Crippen molar-refractivity contribution < 1.29 is 0 Å². The van der Waals surface area contributed by atoms with Crippen molar-refractivity contribution in [3.63, 3.8) is 0 Å². The van der Waals surface area contributed by atoms with Crippen molar-refractivity contribution in [3.05, 3.63) is 382 Å². The first kappa shape index (κ1) is 60.2. The molecule has 0 atom stereocenters. The van der Waals surface area contributed by atoms with Crippen molar-refractivity contribution in [3.8, 4) is 66.8 Å². The van der Waals surface area contributed by atoms with Gasteiger partial charge in [0.15, 0.2) is 0 Å². The Bertz CT molecular complexity index is 4860. The van der Waals surface area contributed by atoms with Gasteiger partial charge in [0, 0.05) is 79.1 Å². The van der Waals surface area contributed by atoms with Crippen molar-refractivity contribution in [1.82, 2.24) is 0 Å². The van der Waals surface area contributed by atoms with Gasteiger partial charge in [-0.2, -0.15) is 0 Å². The molecule has 0 saturated heterocycles. The summed E-state index contributed by atoms with van der Waals surface area (Å²) in [6, 6.07) is 139. The monoisotopic (exact) mass is 1270 g/mol. The summed E-state index contributed by atoms with van der Waals surface area (Å²) in [6.07, 6.45) is 0. The predicted octanol–water partition coefficient (Wildman–Crippen LogP) is 24.0. The topological polar surface area (TPSA) is 13.0 Å². The quantitative estimate of drug-likeness (QED) is 0.101. The first-order valence-corrected chi connectivity index (χ1v) is 34.4. The molecule has 0 radical (unpaired) electrons. The molecule has 470 valence electrons. The van der Waals surface area contributed by atoms with E-state index in [9.17, 15) is 0 Å². The second-order valence-corrected chi connectivity index (χ2v) is 26.7. The van der Waals surface area contributed by atoms with Gasteiger partial charge in [0.05, 0.1) is 11.4 Å². The highest BCUT2D eigenvalue weighted by Gasteiger charge is 2.49. The normalized spacial score (nSPS) is 12.1. The SMILES string of the molecule is CC(C)(C)c1cc2c3c(c1)N(c1c(-c4ccccc4)cccc1-c1ccccc1)c1cc(N(c4ccccc4)c4ccccc4)cc(-c4ccccc4)c1B3c1c(-c3ccccc3)cc(N(c3ccccc3)c3ccccc3)cc1N2c1c(-c2ccccc2)cccc1-c1ccccc1. The molecule has 0 unspecified atom stereocenters. The third-order valence-corrected chi connectivity index (χ3v) is 19.7. The first-order chi connectivity index (χ1) is 48.8. The average molecular weight is 1270 g/mol. The first-order valence-electron chi connectivity index (χ1n) is 34.4. The van der Waals surface area contributed by atoms with Crippen LogP contribution >= 0.6 is 0 Å². The van der Waals surface area contributed by atoms with Crippen LogP contribution in [0.15, 0.2) is 376 Å². The highest BCUT2D eigenvalue weighted by molar-refractivity contribution is 7.02. The molecule has 0 saturated carbocycles. The largest absolute Gasteiger partial charge is 0.310 e. The lowest BCUT2D eigenvalue weighted by molar-refractivity contribution is 0.590. The molecule has 0 aromatic heterocycles. The Balaban J connectivity index is 1.12. The van der Waals surface area contributed by atoms with Gasteiger partial charge in [0.2, 0.25) is 0 Å².